The van der Waals surface area contributed by atoms with Crippen molar-refractivity contribution in [3.63, 3.8) is 0 Å². The first-order chi connectivity index (χ1) is 20.8. The number of nitrogens with one attached hydrogen (secondary N) is 1. The van der Waals surface area contributed by atoms with Crippen LogP contribution in [0.3, 0.4) is 0 Å². The Hall–Kier alpha value is -3.88. The number of rotatable bonds is 15. The molecule has 0 heterocycles. The second-order valence-corrected chi connectivity index (χ2v) is 13.0. The molecule has 0 spiro atoms. The van der Waals surface area contributed by atoms with E-state index >= 15 is 0 Å². The summed E-state index contributed by atoms with van der Waals surface area (Å²) in [4.78, 5) is 3.26. The van der Waals surface area contributed by atoms with E-state index in [2.05, 4.69) is 9.37 Å². The van der Waals surface area contributed by atoms with Gasteiger partial charge in [-0.05, 0) is 102 Å². The highest BCUT2D eigenvalue weighted by atomic mass is 31.3. The van der Waals surface area contributed by atoms with Gasteiger partial charge in [-0.3, -0.25) is 9.05 Å². The Morgan fingerprint density at radius 2 is 0.791 bits per heavy atom. The maximum absolute atomic E-state index is 6.45. The summed E-state index contributed by atoms with van der Waals surface area (Å²) in [5.41, 5.74) is 12.2. The van der Waals surface area contributed by atoms with E-state index in [0.29, 0.717) is 46.0 Å². The first-order valence-corrected chi connectivity index (χ1v) is 16.8. The van der Waals surface area contributed by atoms with Gasteiger partial charge in [-0.1, -0.05) is 0 Å². The van der Waals surface area contributed by atoms with E-state index in [1.54, 1.807) is 126 Å². The van der Waals surface area contributed by atoms with E-state index in [9.17, 15) is 0 Å². The van der Waals surface area contributed by atoms with Crippen molar-refractivity contribution >= 4 is 24.6 Å². The SMILES string of the molecule is COc1ccc(OP(N[P+](N=[P+](N)N)(Oc2ccc(OC)cc2)Oc2ccc(OC)cc2)Oc2ccc(OC)cc2)cc1. The van der Waals surface area contributed by atoms with E-state index in [4.69, 9.17) is 48.1 Å². The minimum Gasteiger partial charge on any atom is -0.497 e. The summed E-state index contributed by atoms with van der Waals surface area (Å²) in [6.45, 7) is 0. The molecule has 4 aromatic rings. The van der Waals surface area contributed by atoms with Crippen LogP contribution in [0.2, 0.25) is 0 Å². The third kappa shape index (κ3) is 9.56. The topological polar surface area (TPSA) is 150 Å². The van der Waals surface area contributed by atoms with E-state index in [0.717, 1.165) is 0 Å². The molecule has 4 aromatic carbocycles. The highest BCUT2D eigenvalue weighted by molar-refractivity contribution is 7.75. The van der Waals surface area contributed by atoms with Crippen molar-refractivity contribution < 1.29 is 37.0 Å². The molecule has 0 aliphatic carbocycles. The molecule has 12 nitrogen and oxygen atoms in total. The zero-order valence-electron chi connectivity index (χ0n) is 23.9. The molecule has 0 atom stereocenters. The first kappa shape index (κ1) is 32.0. The van der Waals surface area contributed by atoms with Crippen molar-refractivity contribution in [3.8, 4) is 46.0 Å². The van der Waals surface area contributed by atoms with Crippen LogP contribution < -0.4 is 52.9 Å². The van der Waals surface area contributed by atoms with Crippen molar-refractivity contribution in [1.29, 1.82) is 0 Å². The maximum Gasteiger partial charge on any atom is 0.623 e. The first-order valence-electron chi connectivity index (χ1n) is 12.6. The molecule has 0 aliphatic heterocycles. The smallest absolute Gasteiger partial charge is 0.497 e. The van der Waals surface area contributed by atoms with Gasteiger partial charge in [0, 0.05) is 0 Å². The predicted molar refractivity (Wildman–Crippen MR) is 169 cm³/mol. The van der Waals surface area contributed by atoms with Crippen molar-refractivity contribution in [3.05, 3.63) is 97.1 Å². The lowest BCUT2D eigenvalue weighted by Crippen LogP contribution is -2.23. The molecule has 5 N–H and O–H groups in total. The van der Waals surface area contributed by atoms with Gasteiger partial charge in [-0.25, -0.2) is 0 Å². The zero-order valence-corrected chi connectivity index (χ0v) is 26.6. The van der Waals surface area contributed by atoms with Crippen LogP contribution in [0.4, 0.5) is 0 Å². The number of hydrogen-bond acceptors (Lipinski definition) is 10. The second kappa shape index (κ2) is 15.5. The maximum atomic E-state index is 6.45. The normalized spacial score (nSPS) is 10.9. The quantitative estimate of drug-likeness (QED) is 0.112. The van der Waals surface area contributed by atoms with Gasteiger partial charge in [-0.15, -0.1) is 11.0 Å². The van der Waals surface area contributed by atoms with Crippen molar-refractivity contribution in [2.24, 2.45) is 15.5 Å². The summed E-state index contributed by atoms with van der Waals surface area (Å²) in [7, 11) is -1.21. The molecule has 0 amide bonds. The lowest BCUT2D eigenvalue weighted by Gasteiger charge is -2.22. The number of hydrogen-bond donors (Lipinski definition) is 3. The van der Waals surface area contributed by atoms with Gasteiger partial charge in [0.05, 0.1) is 28.4 Å². The fourth-order valence-electron chi connectivity index (χ4n) is 3.44. The van der Waals surface area contributed by atoms with Crippen molar-refractivity contribution in [2.45, 2.75) is 0 Å². The third-order valence-corrected chi connectivity index (χ3v) is 10.6. The Labute approximate surface area is 253 Å². The lowest BCUT2D eigenvalue weighted by atomic mass is 10.3. The highest BCUT2D eigenvalue weighted by Crippen LogP contribution is 2.65. The van der Waals surface area contributed by atoms with Crippen LogP contribution in [0.5, 0.6) is 46.0 Å². The fourth-order valence-corrected chi connectivity index (χ4v) is 8.33. The third-order valence-electron chi connectivity index (χ3n) is 5.50. The molecule has 0 unspecified atom stereocenters. The largest absolute Gasteiger partial charge is 0.623 e. The minimum atomic E-state index is -3.60. The zero-order chi connectivity index (χ0) is 30.7. The van der Waals surface area contributed by atoms with Crippen LogP contribution in [0.25, 0.3) is 0 Å². The van der Waals surface area contributed by atoms with Gasteiger partial charge in [0.2, 0.25) is 0 Å². The van der Waals surface area contributed by atoms with Gasteiger partial charge >= 0.3 is 24.6 Å². The summed E-state index contributed by atoms with van der Waals surface area (Å²) in [5.74, 6) is 4.43. The number of ether oxygens (including phenoxy) is 4. The second-order valence-electron chi connectivity index (χ2n) is 8.41. The van der Waals surface area contributed by atoms with Crippen LogP contribution >= 0.6 is 24.6 Å². The van der Waals surface area contributed by atoms with Crippen molar-refractivity contribution in [2.75, 3.05) is 28.4 Å². The molecule has 0 radical (unpaired) electrons. The molecule has 0 fully saturated rings. The summed E-state index contributed by atoms with van der Waals surface area (Å²) in [6, 6.07) is 27.9. The van der Waals surface area contributed by atoms with Gasteiger partial charge in [0.15, 0.2) is 16.0 Å². The molecular weight excluding hydrogens is 613 g/mol. The average molecular weight is 647 g/mol. The molecule has 226 valence electrons. The summed E-state index contributed by atoms with van der Waals surface area (Å²) in [5, 5.41) is 0. The van der Waals surface area contributed by atoms with E-state index in [-0.39, 0.29) is 0 Å². The molecule has 0 saturated carbocycles. The van der Waals surface area contributed by atoms with Crippen LogP contribution in [0, 0.1) is 0 Å². The van der Waals surface area contributed by atoms with Crippen LogP contribution in [-0.4, -0.2) is 28.4 Å². The number of methoxy groups -OCH3 is 4. The van der Waals surface area contributed by atoms with Gasteiger partial charge in [-0.2, -0.15) is 0 Å². The number of nitrogens with two attached hydrogens (primary N) is 2. The van der Waals surface area contributed by atoms with E-state index < -0.39 is 24.6 Å². The van der Waals surface area contributed by atoms with E-state index in [1.807, 2.05) is 0 Å². The molecular formula is C28H33N4O8P3+2. The van der Waals surface area contributed by atoms with Gasteiger partial charge < -0.3 is 28.0 Å². The number of nitrogens with zero attached hydrogens (tertiary/aromatic N) is 1. The predicted octanol–water partition coefficient (Wildman–Crippen LogP) is 7.24. The molecule has 0 bridgehead atoms. The summed E-state index contributed by atoms with van der Waals surface area (Å²) < 4.78 is 51.2. The van der Waals surface area contributed by atoms with Crippen LogP contribution in [0.15, 0.2) is 102 Å². The molecule has 43 heavy (non-hydrogen) atoms. The minimum absolute atomic E-state index is 0.416. The van der Waals surface area contributed by atoms with E-state index in [1.165, 1.54) is 0 Å². The van der Waals surface area contributed by atoms with Gasteiger partial charge in [0.25, 0.3) is 0 Å². The molecule has 0 aromatic heterocycles. The lowest BCUT2D eigenvalue weighted by molar-refractivity contribution is 0.410. The Morgan fingerprint density at radius 3 is 1.07 bits per heavy atom. The fraction of sp³-hybridized carbons (Fsp3) is 0.143. The standard InChI is InChI=1S/C28H33N4O8P3/c1-33-21-5-13-25(14-6-21)37-42(38-26-15-7-22(34-2)8-16-26)32-43(31-41(29)30,39-27-17-9-23(35-3)10-18-27)40-28-19-11-24(36-4)12-20-28/h5-20,32H,1-4H3,(H4,29,30,31)/q+2. The molecule has 4 rings (SSSR count). The van der Waals surface area contributed by atoms with Gasteiger partial charge in [0.1, 0.15) is 34.5 Å². The Morgan fingerprint density at radius 1 is 0.512 bits per heavy atom. The summed E-state index contributed by atoms with van der Waals surface area (Å²) >= 11 is 0. The van der Waals surface area contributed by atoms with Crippen molar-refractivity contribution in [1.82, 2.24) is 4.86 Å². The molecule has 0 saturated heterocycles. The molecule has 0 aliphatic rings. The Bertz CT molecular complexity index is 1360. The molecule has 15 heteroatoms. The Balaban J connectivity index is 1.75. The van der Waals surface area contributed by atoms with Crippen LogP contribution in [-0.2, 0) is 0 Å². The number of benzene rings is 4. The summed E-state index contributed by atoms with van der Waals surface area (Å²) in [6.07, 6.45) is 0. The monoisotopic (exact) mass is 646 g/mol. The van der Waals surface area contributed by atoms with Crippen LogP contribution in [0.1, 0.15) is 0 Å². The Kier molecular flexibility index (Phi) is 11.6. The average Bonchev–Trinajstić information content (AvgIpc) is 3.02. The highest BCUT2D eigenvalue weighted by Gasteiger charge is 2.57.